The van der Waals surface area contributed by atoms with E-state index < -0.39 is 0 Å². The first kappa shape index (κ1) is 14.4. The number of hydrogen-bond donors (Lipinski definition) is 0. The van der Waals surface area contributed by atoms with E-state index in [9.17, 15) is 9.18 Å². The number of Topliss-reactive ketones (excluding diaryl/α,β-unsaturated/α-hetero) is 1. The molecule has 0 heterocycles. The molecule has 1 nitrogen and oxygen atoms in total. The van der Waals surface area contributed by atoms with Gasteiger partial charge in [-0.15, -0.1) is 0 Å². The molecule has 0 aliphatic carbocycles. The van der Waals surface area contributed by atoms with Gasteiger partial charge in [-0.3, -0.25) is 4.79 Å². The van der Waals surface area contributed by atoms with Crippen LogP contribution in [0.1, 0.15) is 42.6 Å². The molecule has 0 radical (unpaired) electrons. The quantitative estimate of drug-likeness (QED) is 0.696. The van der Waals surface area contributed by atoms with Crippen LogP contribution in [-0.2, 0) is 6.42 Å². The van der Waals surface area contributed by atoms with Gasteiger partial charge in [0, 0.05) is 5.56 Å². The van der Waals surface area contributed by atoms with Gasteiger partial charge in [0.1, 0.15) is 5.82 Å². The summed E-state index contributed by atoms with van der Waals surface area (Å²) in [5, 5.41) is 0. The number of rotatable bonds is 5. The smallest absolute Gasteiger partial charge is 0.160 e. The van der Waals surface area contributed by atoms with Gasteiger partial charge < -0.3 is 0 Å². The van der Waals surface area contributed by atoms with Crippen molar-refractivity contribution in [1.29, 1.82) is 0 Å². The van der Waals surface area contributed by atoms with Gasteiger partial charge in [-0.05, 0) is 54.7 Å². The summed E-state index contributed by atoms with van der Waals surface area (Å²) >= 11 is 0. The monoisotopic (exact) mass is 270 g/mol. The summed E-state index contributed by atoms with van der Waals surface area (Å²) in [6.45, 7) is 3.67. The minimum absolute atomic E-state index is 0.0462. The lowest BCUT2D eigenvalue weighted by Gasteiger charge is -2.08. The number of benzene rings is 2. The molecular weight excluding hydrogens is 251 g/mol. The molecule has 104 valence electrons. The zero-order valence-electron chi connectivity index (χ0n) is 11.9. The van der Waals surface area contributed by atoms with E-state index in [-0.39, 0.29) is 11.6 Å². The highest BCUT2D eigenvalue weighted by Crippen LogP contribution is 2.26. The first-order valence-corrected chi connectivity index (χ1v) is 7.01. The molecule has 2 aromatic rings. The second-order valence-corrected chi connectivity index (χ2v) is 5.05. The standard InChI is InChI=1S/C18H19FO/c1-3-4-5-14-6-8-15(9-7-14)18-12-16(19)10-11-17(18)13(2)20/h6-12H,3-5H2,1-2H3. The Morgan fingerprint density at radius 2 is 1.80 bits per heavy atom. The Morgan fingerprint density at radius 1 is 1.10 bits per heavy atom. The third-order valence-corrected chi connectivity index (χ3v) is 3.44. The van der Waals surface area contributed by atoms with Crippen molar-refractivity contribution in [2.45, 2.75) is 33.1 Å². The van der Waals surface area contributed by atoms with E-state index in [0.29, 0.717) is 11.1 Å². The zero-order valence-corrected chi connectivity index (χ0v) is 11.9. The number of carbonyl (C=O) groups is 1. The van der Waals surface area contributed by atoms with E-state index in [0.717, 1.165) is 18.4 Å². The highest BCUT2D eigenvalue weighted by atomic mass is 19.1. The van der Waals surface area contributed by atoms with Crippen molar-refractivity contribution in [3.8, 4) is 11.1 Å². The molecular formula is C18H19FO. The van der Waals surface area contributed by atoms with E-state index in [1.54, 1.807) is 6.07 Å². The molecule has 0 aromatic heterocycles. The maximum Gasteiger partial charge on any atom is 0.160 e. The third-order valence-electron chi connectivity index (χ3n) is 3.44. The molecule has 2 heteroatoms. The lowest BCUT2D eigenvalue weighted by atomic mass is 9.96. The fourth-order valence-electron chi connectivity index (χ4n) is 2.29. The van der Waals surface area contributed by atoms with Gasteiger partial charge in [0.05, 0.1) is 0 Å². The first-order valence-electron chi connectivity index (χ1n) is 7.01. The fraction of sp³-hybridized carbons (Fsp3) is 0.278. The van der Waals surface area contributed by atoms with Crippen molar-refractivity contribution in [2.75, 3.05) is 0 Å². The van der Waals surface area contributed by atoms with E-state index in [4.69, 9.17) is 0 Å². The summed E-state index contributed by atoms with van der Waals surface area (Å²) in [4.78, 5) is 11.6. The van der Waals surface area contributed by atoms with Crippen molar-refractivity contribution in [3.63, 3.8) is 0 Å². The van der Waals surface area contributed by atoms with Crippen molar-refractivity contribution in [1.82, 2.24) is 0 Å². The average Bonchev–Trinajstić information content (AvgIpc) is 2.45. The maximum absolute atomic E-state index is 13.4. The van der Waals surface area contributed by atoms with Gasteiger partial charge in [0.2, 0.25) is 0 Å². The summed E-state index contributed by atoms with van der Waals surface area (Å²) < 4.78 is 13.4. The van der Waals surface area contributed by atoms with Crippen molar-refractivity contribution in [3.05, 3.63) is 59.4 Å². The molecule has 0 N–H and O–H groups in total. The zero-order chi connectivity index (χ0) is 14.5. The van der Waals surface area contributed by atoms with E-state index >= 15 is 0 Å². The maximum atomic E-state index is 13.4. The molecule has 0 unspecified atom stereocenters. The van der Waals surface area contributed by atoms with Gasteiger partial charge in [-0.1, -0.05) is 37.6 Å². The van der Waals surface area contributed by atoms with Crippen molar-refractivity contribution < 1.29 is 9.18 Å². The molecule has 0 atom stereocenters. The van der Waals surface area contributed by atoms with Crippen molar-refractivity contribution >= 4 is 5.78 Å². The number of unbranched alkanes of at least 4 members (excludes halogenated alkanes) is 1. The van der Waals surface area contributed by atoms with Gasteiger partial charge >= 0.3 is 0 Å². The van der Waals surface area contributed by atoms with E-state index in [2.05, 4.69) is 19.1 Å². The van der Waals surface area contributed by atoms with Crippen molar-refractivity contribution in [2.24, 2.45) is 0 Å². The highest BCUT2D eigenvalue weighted by Gasteiger charge is 2.10. The molecule has 2 rings (SSSR count). The Kier molecular flexibility index (Phi) is 4.67. The topological polar surface area (TPSA) is 17.1 Å². The summed E-state index contributed by atoms with van der Waals surface area (Å²) in [5.41, 5.74) is 3.39. The first-order chi connectivity index (χ1) is 9.61. The Hall–Kier alpha value is -1.96. The molecule has 0 aliphatic rings. The third kappa shape index (κ3) is 3.32. The van der Waals surface area contributed by atoms with Crippen LogP contribution >= 0.6 is 0 Å². The van der Waals surface area contributed by atoms with Crippen LogP contribution in [0.5, 0.6) is 0 Å². The van der Waals surface area contributed by atoms with Crippen LogP contribution in [0.2, 0.25) is 0 Å². The molecule has 0 saturated carbocycles. The van der Waals surface area contributed by atoms with E-state index in [1.165, 1.54) is 31.0 Å². The van der Waals surface area contributed by atoms with Gasteiger partial charge in [0.15, 0.2) is 5.78 Å². The van der Waals surface area contributed by atoms with E-state index in [1.807, 2.05) is 12.1 Å². The SMILES string of the molecule is CCCCc1ccc(-c2cc(F)ccc2C(C)=O)cc1. The molecule has 0 aliphatic heterocycles. The van der Waals surface area contributed by atoms with Crippen LogP contribution in [0.3, 0.4) is 0 Å². The van der Waals surface area contributed by atoms with Crippen LogP contribution in [0, 0.1) is 5.82 Å². The second-order valence-electron chi connectivity index (χ2n) is 5.05. The predicted molar refractivity (Wildman–Crippen MR) is 80.5 cm³/mol. The molecule has 20 heavy (non-hydrogen) atoms. The van der Waals surface area contributed by atoms with Crippen LogP contribution in [0.4, 0.5) is 4.39 Å². The summed E-state index contributed by atoms with van der Waals surface area (Å²) in [6, 6.07) is 12.4. The number of carbonyl (C=O) groups excluding carboxylic acids is 1. The van der Waals surface area contributed by atoms with Gasteiger partial charge in [-0.25, -0.2) is 4.39 Å². The highest BCUT2D eigenvalue weighted by molar-refractivity contribution is 6.00. The molecule has 0 spiro atoms. The van der Waals surface area contributed by atoms with Crippen LogP contribution in [0.15, 0.2) is 42.5 Å². The summed E-state index contributed by atoms with van der Waals surface area (Å²) in [5.74, 6) is -0.366. The molecule has 0 amide bonds. The molecule has 2 aromatic carbocycles. The molecule has 0 saturated heterocycles. The number of aryl methyl sites for hydroxylation is 1. The normalized spacial score (nSPS) is 10.6. The molecule has 0 bridgehead atoms. The minimum atomic E-state index is -0.319. The summed E-state index contributed by atoms with van der Waals surface area (Å²) in [7, 11) is 0. The van der Waals surface area contributed by atoms with Crippen LogP contribution < -0.4 is 0 Å². The lowest BCUT2D eigenvalue weighted by Crippen LogP contribution is -1.97. The Labute approximate surface area is 119 Å². The average molecular weight is 270 g/mol. The molecule has 0 fully saturated rings. The number of halogens is 1. The van der Waals surface area contributed by atoms with Gasteiger partial charge in [-0.2, -0.15) is 0 Å². The van der Waals surface area contributed by atoms with Crippen LogP contribution in [0.25, 0.3) is 11.1 Å². The Bertz CT molecular complexity index is 599. The fourth-order valence-corrected chi connectivity index (χ4v) is 2.29. The Balaban J connectivity index is 2.36. The Morgan fingerprint density at radius 3 is 2.40 bits per heavy atom. The summed E-state index contributed by atoms with van der Waals surface area (Å²) in [6.07, 6.45) is 3.39. The number of ketones is 1. The predicted octanol–water partition coefficient (Wildman–Crippen LogP) is 5.04. The number of hydrogen-bond acceptors (Lipinski definition) is 1. The van der Waals surface area contributed by atoms with Crippen LogP contribution in [-0.4, -0.2) is 5.78 Å². The van der Waals surface area contributed by atoms with Gasteiger partial charge in [0.25, 0.3) is 0 Å². The second kappa shape index (κ2) is 6.47. The lowest BCUT2D eigenvalue weighted by molar-refractivity contribution is 0.101. The largest absolute Gasteiger partial charge is 0.294 e. The minimum Gasteiger partial charge on any atom is -0.294 e.